The van der Waals surface area contributed by atoms with Gasteiger partial charge in [-0.3, -0.25) is 0 Å². The number of nitrogens with zero attached hydrogens (tertiary/aromatic N) is 4. The largest absolute Gasteiger partial charge is 0.497 e. The van der Waals surface area contributed by atoms with Crippen LogP contribution in [0.5, 0.6) is 5.75 Å². The molecule has 124 valence electrons. The lowest BCUT2D eigenvalue weighted by atomic mass is 10.2. The van der Waals surface area contributed by atoms with Gasteiger partial charge >= 0.3 is 0 Å². The molecule has 0 spiro atoms. The van der Waals surface area contributed by atoms with Crippen molar-refractivity contribution >= 4 is 22.5 Å². The van der Waals surface area contributed by atoms with Gasteiger partial charge in [0.05, 0.1) is 12.6 Å². The van der Waals surface area contributed by atoms with E-state index < -0.39 is 0 Å². The molecule has 0 unspecified atom stereocenters. The molecular formula is C19H17N5O. The molecule has 4 aromatic rings. The van der Waals surface area contributed by atoms with Crippen molar-refractivity contribution in [3.63, 3.8) is 0 Å². The topological polar surface area (TPSA) is 64.3 Å². The first-order valence-corrected chi connectivity index (χ1v) is 7.95. The summed E-state index contributed by atoms with van der Waals surface area (Å²) in [6, 6.07) is 15.6. The van der Waals surface area contributed by atoms with Crippen molar-refractivity contribution < 1.29 is 4.74 Å². The lowest BCUT2D eigenvalue weighted by molar-refractivity contribution is 0.415. The summed E-state index contributed by atoms with van der Waals surface area (Å²) in [5, 5.41) is 13.1. The highest BCUT2D eigenvalue weighted by molar-refractivity contribution is 5.93. The first kappa shape index (κ1) is 15.1. The molecule has 0 saturated heterocycles. The van der Waals surface area contributed by atoms with E-state index in [2.05, 4.69) is 22.1 Å². The lowest BCUT2D eigenvalue weighted by Crippen LogP contribution is -2.07. The van der Waals surface area contributed by atoms with E-state index in [1.54, 1.807) is 13.2 Å². The van der Waals surface area contributed by atoms with Gasteiger partial charge in [-0.25, -0.2) is 9.38 Å². The molecule has 0 saturated carbocycles. The Morgan fingerprint density at radius 3 is 2.68 bits per heavy atom. The lowest BCUT2D eigenvalue weighted by Gasteiger charge is -2.10. The molecule has 1 N–H and O–H groups in total. The van der Waals surface area contributed by atoms with Crippen LogP contribution in [-0.4, -0.2) is 33.2 Å². The fourth-order valence-electron chi connectivity index (χ4n) is 2.79. The summed E-state index contributed by atoms with van der Waals surface area (Å²) in [5.74, 6) is 2.21. The average molecular weight is 331 g/mol. The Balaban J connectivity index is 1.98. The third kappa shape index (κ3) is 2.57. The molecule has 0 atom stereocenters. The number of benzene rings is 2. The van der Waals surface area contributed by atoms with Crippen LogP contribution >= 0.6 is 0 Å². The Labute approximate surface area is 144 Å². The van der Waals surface area contributed by atoms with Crippen LogP contribution in [0.2, 0.25) is 0 Å². The molecule has 0 amide bonds. The minimum atomic E-state index is 0.598. The van der Waals surface area contributed by atoms with E-state index in [4.69, 9.17) is 9.72 Å². The number of rotatable bonds is 5. The highest BCUT2D eigenvalue weighted by Crippen LogP contribution is 2.27. The monoisotopic (exact) mass is 331 g/mol. The van der Waals surface area contributed by atoms with Gasteiger partial charge in [0.1, 0.15) is 5.75 Å². The second-order valence-electron chi connectivity index (χ2n) is 5.53. The van der Waals surface area contributed by atoms with E-state index in [0.29, 0.717) is 12.5 Å². The van der Waals surface area contributed by atoms with E-state index in [0.717, 1.165) is 33.7 Å². The van der Waals surface area contributed by atoms with Gasteiger partial charge in [-0.15, -0.1) is 16.8 Å². The first-order chi connectivity index (χ1) is 12.3. The molecule has 2 heterocycles. The van der Waals surface area contributed by atoms with Crippen LogP contribution < -0.4 is 10.1 Å². The maximum atomic E-state index is 5.23. The van der Waals surface area contributed by atoms with Crippen molar-refractivity contribution in [1.82, 2.24) is 19.6 Å². The normalized spacial score (nSPS) is 10.9. The number of para-hydroxylation sites is 1. The van der Waals surface area contributed by atoms with Crippen molar-refractivity contribution in [1.29, 1.82) is 0 Å². The number of aromatic nitrogens is 4. The van der Waals surface area contributed by atoms with Crippen molar-refractivity contribution in [3.8, 4) is 17.1 Å². The van der Waals surface area contributed by atoms with Crippen LogP contribution in [0.3, 0.4) is 0 Å². The maximum Gasteiger partial charge on any atom is 0.211 e. The fraction of sp³-hybridized carbons (Fsp3) is 0.105. The third-order valence-corrected chi connectivity index (χ3v) is 4.00. The predicted molar refractivity (Wildman–Crippen MR) is 99.0 cm³/mol. The third-order valence-electron chi connectivity index (χ3n) is 4.00. The van der Waals surface area contributed by atoms with Gasteiger partial charge in [0.25, 0.3) is 0 Å². The highest BCUT2D eigenvalue weighted by Gasteiger charge is 2.15. The van der Waals surface area contributed by atoms with Gasteiger partial charge < -0.3 is 10.1 Å². The van der Waals surface area contributed by atoms with Gasteiger partial charge in [0.15, 0.2) is 11.5 Å². The maximum absolute atomic E-state index is 5.23. The Kier molecular flexibility index (Phi) is 3.78. The molecule has 4 rings (SSSR count). The zero-order chi connectivity index (χ0) is 17.2. The fourth-order valence-corrected chi connectivity index (χ4v) is 2.79. The number of hydrogen-bond acceptors (Lipinski definition) is 5. The molecule has 0 aliphatic carbocycles. The summed E-state index contributed by atoms with van der Waals surface area (Å²) in [6.45, 7) is 4.36. The van der Waals surface area contributed by atoms with E-state index in [9.17, 15) is 0 Å². The molecule has 25 heavy (non-hydrogen) atoms. The quantitative estimate of drug-likeness (QED) is 0.567. The van der Waals surface area contributed by atoms with Crippen LogP contribution in [0.1, 0.15) is 0 Å². The number of methoxy groups -OCH3 is 1. The summed E-state index contributed by atoms with van der Waals surface area (Å²) >= 11 is 0. The van der Waals surface area contributed by atoms with Crippen LogP contribution in [-0.2, 0) is 0 Å². The van der Waals surface area contributed by atoms with Gasteiger partial charge in [0.2, 0.25) is 5.95 Å². The molecule has 0 aliphatic heterocycles. The Bertz CT molecular complexity index is 1050. The second-order valence-corrected chi connectivity index (χ2v) is 5.53. The van der Waals surface area contributed by atoms with Crippen LogP contribution in [0, 0.1) is 0 Å². The van der Waals surface area contributed by atoms with Crippen LogP contribution in [0.15, 0.2) is 61.2 Å². The van der Waals surface area contributed by atoms with Gasteiger partial charge in [-0.05, 0) is 36.4 Å². The Morgan fingerprint density at radius 2 is 1.92 bits per heavy atom. The molecule has 0 radical (unpaired) electrons. The summed E-state index contributed by atoms with van der Waals surface area (Å²) in [6.07, 6.45) is 1.79. The molecule has 0 bridgehead atoms. The molecule has 2 aromatic carbocycles. The van der Waals surface area contributed by atoms with E-state index >= 15 is 0 Å². The number of ether oxygens (including phenoxy) is 1. The number of nitrogens with one attached hydrogen (secondary N) is 1. The van der Waals surface area contributed by atoms with Crippen molar-refractivity contribution in [2.75, 3.05) is 19.0 Å². The zero-order valence-corrected chi connectivity index (χ0v) is 13.8. The summed E-state index contributed by atoms with van der Waals surface area (Å²) in [4.78, 5) is 4.73. The standard InChI is InChI=1S/C19H17N5O/c1-3-12-20-19-21-16-7-5-4-6-15(16)18-23-22-17(24(18)19)13-8-10-14(25-2)11-9-13/h3-11H,1,12H2,2H3,(H,20,21). The zero-order valence-electron chi connectivity index (χ0n) is 13.8. The summed E-state index contributed by atoms with van der Waals surface area (Å²) in [5.41, 5.74) is 2.57. The molecule has 0 aliphatic rings. The van der Waals surface area contributed by atoms with E-state index in [-0.39, 0.29) is 0 Å². The summed E-state index contributed by atoms with van der Waals surface area (Å²) < 4.78 is 7.17. The minimum absolute atomic E-state index is 0.598. The average Bonchev–Trinajstić information content (AvgIpc) is 3.12. The smallest absolute Gasteiger partial charge is 0.211 e. The molecule has 6 nitrogen and oxygen atoms in total. The number of anilines is 1. The molecular weight excluding hydrogens is 314 g/mol. The van der Waals surface area contributed by atoms with Crippen LogP contribution in [0.25, 0.3) is 27.9 Å². The molecule has 6 heteroatoms. The SMILES string of the molecule is C=CCNc1nc2ccccc2c2nnc(-c3ccc(OC)cc3)n12. The van der Waals surface area contributed by atoms with Crippen molar-refractivity contribution in [2.24, 2.45) is 0 Å². The van der Waals surface area contributed by atoms with E-state index in [1.165, 1.54) is 0 Å². The van der Waals surface area contributed by atoms with Crippen molar-refractivity contribution in [2.45, 2.75) is 0 Å². The van der Waals surface area contributed by atoms with Gasteiger partial charge in [0, 0.05) is 17.5 Å². The minimum Gasteiger partial charge on any atom is -0.497 e. The van der Waals surface area contributed by atoms with Gasteiger partial charge in [-0.2, -0.15) is 0 Å². The first-order valence-electron chi connectivity index (χ1n) is 7.95. The van der Waals surface area contributed by atoms with E-state index in [1.807, 2.05) is 52.9 Å². The van der Waals surface area contributed by atoms with Crippen molar-refractivity contribution in [3.05, 3.63) is 61.2 Å². The Morgan fingerprint density at radius 1 is 1.12 bits per heavy atom. The summed E-state index contributed by atoms with van der Waals surface area (Å²) in [7, 11) is 1.65. The van der Waals surface area contributed by atoms with Gasteiger partial charge in [-0.1, -0.05) is 18.2 Å². The number of fused-ring (bicyclic) bond motifs is 3. The Hall–Kier alpha value is -3.41. The number of hydrogen-bond donors (Lipinski definition) is 1. The second kappa shape index (κ2) is 6.24. The van der Waals surface area contributed by atoms with Crippen LogP contribution in [0.4, 0.5) is 5.95 Å². The molecule has 2 aromatic heterocycles. The molecule has 0 fully saturated rings. The highest BCUT2D eigenvalue weighted by atomic mass is 16.5. The predicted octanol–water partition coefficient (Wildman–Crippen LogP) is 3.55.